The number of quaternary nitrogens is 1. The SMILES string of the molecule is CC[N+]1(CC)CCc2c(sc(CC(=O)Cc3ccc(Cl)cc3)c2C(N)=O)C1.[I-]. The number of carbonyl (C=O) groups excluding carboxylic acids is 2. The molecule has 4 nitrogen and oxygen atoms in total. The Bertz CT molecular complexity index is 860. The van der Waals surface area contributed by atoms with E-state index in [1.807, 2.05) is 12.1 Å². The van der Waals surface area contributed by atoms with Crippen LogP contribution in [0.5, 0.6) is 0 Å². The quantitative estimate of drug-likeness (QED) is 0.423. The van der Waals surface area contributed by atoms with Gasteiger partial charge < -0.3 is 34.2 Å². The minimum Gasteiger partial charge on any atom is -1.00 e. The summed E-state index contributed by atoms with van der Waals surface area (Å²) < 4.78 is 1.03. The molecule has 0 fully saturated rings. The molecule has 0 bridgehead atoms. The number of hydrogen-bond acceptors (Lipinski definition) is 3. The first-order valence-electron chi connectivity index (χ1n) is 9.42. The van der Waals surface area contributed by atoms with Gasteiger partial charge in [0.15, 0.2) is 0 Å². The molecule has 7 heteroatoms. The first kappa shape index (κ1) is 23.3. The van der Waals surface area contributed by atoms with E-state index in [-0.39, 0.29) is 36.2 Å². The second kappa shape index (κ2) is 9.69. The van der Waals surface area contributed by atoms with Crippen LogP contribution in [0.3, 0.4) is 0 Å². The number of rotatable bonds is 7. The normalized spacial score (nSPS) is 14.8. The van der Waals surface area contributed by atoms with Gasteiger partial charge in [0.05, 0.1) is 30.1 Å². The molecule has 1 amide bonds. The number of hydrogen-bond donors (Lipinski definition) is 1. The largest absolute Gasteiger partial charge is 1.00 e. The highest BCUT2D eigenvalue weighted by molar-refractivity contribution is 7.12. The molecular formula is C21H26ClIN2O2S. The van der Waals surface area contributed by atoms with Gasteiger partial charge in [-0.3, -0.25) is 9.59 Å². The van der Waals surface area contributed by atoms with Gasteiger partial charge in [0.25, 0.3) is 0 Å². The average Bonchev–Trinajstić information content (AvgIpc) is 3.00. The standard InChI is InChI=1S/C21H25ClN2O2S.HI/c1-3-24(4-2)10-9-17-19(13-24)27-18(20(17)21(23)26)12-16(25)11-14-5-7-15(22)8-6-14;/h5-8H,3-4,9-13H2,1-2H3,(H-,23,26);1H. The summed E-state index contributed by atoms with van der Waals surface area (Å²) in [6, 6.07) is 7.30. The fourth-order valence-electron chi connectivity index (χ4n) is 3.94. The molecule has 2 N–H and O–H groups in total. The summed E-state index contributed by atoms with van der Waals surface area (Å²) in [4.78, 5) is 26.8. The Morgan fingerprint density at radius 3 is 2.36 bits per heavy atom. The van der Waals surface area contributed by atoms with Crippen LogP contribution in [0.1, 0.15) is 45.1 Å². The highest BCUT2D eigenvalue weighted by Gasteiger charge is 2.35. The summed E-state index contributed by atoms with van der Waals surface area (Å²) in [5.41, 5.74) is 8.31. The van der Waals surface area contributed by atoms with Crippen LogP contribution in [0.15, 0.2) is 24.3 Å². The van der Waals surface area contributed by atoms with E-state index in [2.05, 4.69) is 13.8 Å². The third-order valence-corrected chi connectivity index (χ3v) is 7.21. The summed E-state index contributed by atoms with van der Waals surface area (Å²) in [6.45, 7) is 8.53. The number of ketones is 1. The van der Waals surface area contributed by atoms with Crippen LogP contribution in [-0.4, -0.2) is 35.8 Å². The van der Waals surface area contributed by atoms with E-state index in [9.17, 15) is 9.59 Å². The molecule has 0 atom stereocenters. The van der Waals surface area contributed by atoms with Crippen LogP contribution >= 0.6 is 22.9 Å². The van der Waals surface area contributed by atoms with E-state index >= 15 is 0 Å². The second-order valence-electron chi connectivity index (χ2n) is 7.29. The van der Waals surface area contributed by atoms with Crippen LogP contribution < -0.4 is 29.7 Å². The summed E-state index contributed by atoms with van der Waals surface area (Å²) in [5, 5.41) is 0.654. The number of nitrogens with two attached hydrogens (primary N) is 1. The van der Waals surface area contributed by atoms with Crippen molar-refractivity contribution in [1.82, 2.24) is 0 Å². The van der Waals surface area contributed by atoms with Crippen molar-refractivity contribution in [2.45, 2.75) is 39.7 Å². The van der Waals surface area contributed by atoms with Gasteiger partial charge in [-0.05, 0) is 37.1 Å². The Morgan fingerprint density at radius 1 is 1.14 bits per heavy atom. The van der Waals surface area contributed by atoms with E-state index in [1.54, 1.807) is 23.5 Å². The molecule has 2 heterocycles. The van der Waals surface area contributed by atoms with Crippen molar-refractivity contribution in [2.24, 2.45) is 5.73 Å². The third kappa shape index (κ3) is 4.96. The molecule has 0 radical (unpaired) electrons. The highest BCUT2D eigenvalue weighted by atomic mass is 127. The number of likely N-dealkylation sites (N-methyl/N-ethyl adjacent to an activating group) is 1. The van der Waals surface area contributed by atoms with Gasteiger partial charge in [-0.25, -0.2) is 0 Å². The van der Waals surface area contributed by atoms with Crippen LogP contribution in [0.4, 0.5) is 0 Å². The number of fused-ring (bicyclic) bond motifs is 1. The maximum absolute atomic E-state index is 12.6. The first-order valence-corrected chi connectivity index (χ1v) is 10.6. The maximum atomic E-state index is 12.6. The Hall–Kier alpha value is -0.960. The van der Waals surface area contributed by atoms with Crippen molar-refractivity contribution in [3.63, 3.8) is 0 Å². The highest BCUT2D eigenvalue weighted by Crippen LogP contribution is 2.36. The predicted octanol–water partition coefficient (Wildman–Crippen LogP) is 0.771. The molecule has 1 aromatic heterocycles. The van der Waals surface area contributed by atoms with Crippen LogP contribution in [0.25, 0.3) is 0 Å². The topological polar surface area (TPSA) is 60.2 Å². The van der Waals surface area contributed by atoms with E-state index in [1.165, 1.54) is 4.88 Å². The average molecular weight is 533 g/mol. The van der Waals surface area contributed by atoms with Crippen molar-refractivity contribution in [2.75, 3.05) is 19.6 Å². The molecular weight excluding hydrogens is 507 g/mol. The molecule has 1 aromatic carbocycles. The summed E-state index contributed by atoms with van der Waals surface area (Å²) in [6.07, 6.45) is 1.45. The molecule has 3 rings (SSSR count). The number of thiophene rings is 1. The van der Waals surface area contributed by atoms with Gasteiger partial charge in [-0.2, -0.15) is 0 Å². The molecule has 1 aliphatic rings. The summed E-state index contributed by atoms with van der Waals surface area (Å²) >= 11 is 7.51. The molecule has 0 saturated heterocycles. The summed E-state index contributed by atoms with van der Waals surface area (Å²) in [7, 11) is 0. The lowest BCUT2D eigenvalue weighted by Gasteiger charge is -2.39. The predicted molar refractivity (Wildman–Crippen MR) is 110 cm³/mol. The second-order valence-corrected chi connectivity index (χ2v) is 8.92. The van der Waals surface area contributed by atoms with E-state index in [4.69, 9.17) is 17.3 Å². The summed E-state index contributed by atoms with van der Waals surface area (Å²) in [5.74, 6) is -0.319. The zero-order valence-corrected chi connectivity index (χ0v) is 20.0. The van der Waals surface area contributed by atoms with Gasteiger partial charge in [0.1, 0.15) is 12.3 Å². The van der Waals surface area contributed by atoms with E-state index in [0.717, 1.165) is 53.1 Å². The van der Waals surface area contributed by atoms with Crippen LogP contribution in [0, 0.1) is 0 Å². The fraction of sp³-hybridized carbons (Fsp3) is 0.429. The number of amides is 1. The van der Waals surface area contributed by atoms with Crippen molar-refractivity contribution >= 4 is 34.6 Å². The van der Waals surface area contributed by atoms with Gasteiger partial charge in [0, 0.05) is 29.2 Å². The molecule has 0 aliphatic carbocycles. The minimum atomic E-state index is -0.408. The van der Waals surface area contributed by atoms with E-state index in [0.29, 0.717) is 17.0 Å². The van der Waals surface area contributed by atoms with Crippen molar-refractivity contribution in [3.8, 4) is 0 Å². The van der Waals surface area contributed by atoms with Gasteiger partial charge in [-0.15, -0.1) is 11.3 Å². The Morgan fingerprint density at radius 2 is 1.79 bits per heavy atom. The lowest BCUT2D eigenvalue weighted by molar-refractivity contribution is -0.939. The monoisotopic (exact) mass is 532 g/mol. The van der Waals surface area contributed by atoms with Gasteiger partial charge >= 0.3 is 0 Å². The number of halogens is 2. The lowest BCUT2D eigenvalue weighted by atomic mass is 9.97. The van der Waals surface area contributed by atoms with E-state index < -0.39 is 5.91 Å². The molecule has 28 heavy (non-hydrogen) atoms. The first-order chi connectivity index (χ1) is 12.9. The molecule has 0 spiro atoms. The number of Topliss-reactive ketones (excluding diaryl/α,β-unsaturated/α-hetero) is 1. The third-order valence-electron chi connectivity index (χ3n) is 5.74. The molecule has 2 aromatic rings. The Kier molecular flexibility index (Phi) is 8.07. The number of benzene rings is 1. The number of carbonyl (C=O) groups is 2. The Labute approximate surface area is 192 Å². The maximum Gasteiger partial charge on any atom is 0.250 e. The van der Waals surface area contributed by atoms with Crippen LogP contribution in [-0.2, 0) is 30.6 Å². The van der Waals surface area contributed by atoms with Gasteiger partial charge in [-0.1, -0.05) is 23.7 Å². The zero-order valence-electron chi connectivity index (χ0n) is 16.3. The van der Waals surface area contributed by atoms with Crippen molar-refractivity contribution in [1.29, 1.82) is 0 Å². The van der Waals surface area contributed by atoms with Gasteiger partial charge in [0.2, 0.25) is 5.91 Å². The minimum absolute atomic E-state index is 0. The molecule has 0 unspecified atom stereocenters. The Balaban J connectivity index is 0.00000280. The van der Waals surface area contributed by atoms with Crippen LogP contribution in [0.2, 0.25) is 5.02 Å². The number of nitrogens with zero attached hydrogens (tertiary/aromatic N) is 1. The smallest absolute Gasteiger partial charge is 0.250 e. The van der Waals surface area contributed by atoms with Crippen molar-refractivity contribution in [3.05, 3.63) is 55.7 Å². The number of primary amides is 1. The molecule has 152 valence electrons. The molecule has 0 saturated carbocycles. The lowest BCUT2D eigenvalue weighted by Crippen LogP contribution is -3.00. The molecule has 1 aliphatic heterocycles. The fourth-order valence-corrected chi connectivity index (χ4v) is 5.59. The zero-order chi connectivity index (χ0) is 19.6. The van der Waals surface area contributed by atoms with Crippen molar-refractivity contribution < 1.29 is 38.0 Å².